The Balaban J connectivity index is 0.000000224. The molecule has 1 fully saturated rings. The molecule has 0 saturated carbocycles. The Hall–Kier alpha value is -2.18. The third kappa shape index (κ3) is 4.91. The number of pyridine rings is 1. The molecule has 1 unspecified atom stereocenters. The van der Waals surface area contributed by atoms with Crippen molar-refractivity contribution in [2.75, 3.05) is 7.05 Å². The molecular weight excluding hydrogens is 332 g/mol. The number of carboxylic acids is 2. The molecule has 1 saturated heterocycles. The highest BCUT2D eigenvalue weighted by Crippen LogP contribution is 2.28. The molecule has 0 aromatic carbocycles. The molecule has 3 atom stereocenters. The minimum absolute atomic E-state index is 0.447. The summed E-state index contributed by atoms with van der Waals surface area (Å²) in [6.45, 7) is 0. The fraction of sp³-hybridized carbons (Fsp3) is 0.353. The average Bonchev–Trinajstić information content (AvgIpc) is 2.75. The number of aliphatic carboxylic acids is 2. The maximum absolute atomic E-state index is 9.53. The summed E-state index contributed by atoms with van der Waals surface area (Å²) in [5, 5.41) is 17.9. The minimum atomic E-state index is -1.51. The van der Waals surface area contributed by atoms with E-state index in [0.717, 1.165) is 18.2 Å². The molecule has 128 valence electrons. The van der Waals surface area contributed by atoms with Gasteiger partial charge in [-0.1, -0.05) is 11.6 Å². The second kappa shape index (κ2) is 8.08. The minimum Gasteiger partial charge on any atom is -0.545 e. The van der Waals surface area contributed by atoms with Gasteiger partial charge >= 0.3 is 5.97 Å². The van der Waals surface area contributed by atoms with E-state index in [4.69, 9.17) is 16.7 Å². The van der Waals surface area contributed by atoms with Gasteiger partial charge in [0.15, 0.2) is 0 Å². The first-order valence-electron chi connectivity index (χ1n) is 7.64. The lowest BCUT2D eigenvalue weighted by molar-refractivity contribution is -0.911. The van der Waals surface area contributed by atoms with Crippen LogP contribution in [0, 0.1) is 0 Å². The number of nitrogens with zero attached hydrogens (tertiary/aromatic N) is 1. The van der Waals surface area contributed by atoms with Gasteiger partial charge in [-0.05, 0) is 29.9 Å². The van der Waals surface area contributed by atoms with Gasteiger partial charge in [0, 0.05) is 31.5 Å². The Labute approximate surface area is 145 Å². The Morgan fingerprint density at radius 1 is 1.38 bits per heavy atom. The van der Waals surface area contributed by atoms with Crippen LogP contribution in [0.2, 0.25) is 5.02 Å². The summed E-state index contributed by atoms with van der Waals surface area (Å²) in [6, 6.07) is 5.46. The highest BCUT2D eigenvalue weighted by Gasteiger charge is 2.38. The molecule has 7 heteroatoms. The smallest absolute Gasteiger partial charge is 0.328 e. The molecule has 0 radical (unpaired) electrons. The lowest BCUT2D eigenvalue weighted by Gasteiger charge is -2.27. The number of carbonyl (C=O) groups excluding carboxylic acids is 1. The van der Waals surface area contributed by atoms with E-state index in [1.165, 1.54) is 18.4 Å². The Bertz CT molecular complexity index is 654. The van der Waals surface area contributed by atoms with E-state index in [0.29, 0.717) is 23.2 Å². The van der Waals surface area contributed by atoms with E-state index in [2.05, 4.69) is 18.1 Å². The number of halogens is 1. The molecule has 1 aromatic rings. The zero-order chi connectivity index (χ0) is 17.7. The molecule has 2 aliphatic heterocycles. The van der Waals surface area contributed by atoms with Crippen LogP contribution in [0.25, 0.3) is 5.57 Å². The summed E-state index contributed by atoms with van der Waals surface area (Å²) in [5.41, 5.74) is 2.52. The van der Waals surface area contributed by atoms with E-state index in [9.17, 15) is 14.7 Å². The van der Waals surface area contributed by atoms with Crippen LogP contribution in [0.1, 0.15) is 25.0 Å². The lowest BCUT2D eigenvalue weighted by atomic mass is 9.99. The van der Waals surface area contributed by atoms with Crippen LogP contribution < -0.4 is 10.0 Å². The molecule has 2 bridgehead atoms. The number of likely N-dealkylation sites (N-methyl/N-ethyl adjacent to an activating group) is 1. The van der Waals surface area contributed by atoms with Gasteiger partial charge in [-0.25, -0.2) is 4.79 Å². The van der Waals surface area contributed by atoms with Crippen LogP contribution in [0.15, 0.2) is 36.6 Å². The monoisotopic (exact) mass is 350 g/mol. The predicted octanol–water partition coefficient (Wildman–Crippen LogP) is -0.0551. The van der Waals surface area contributed by atoms with Gasteiger partial charge in [0.05, 0.1) is 29.8 Å². The average molecular weight is 351 g/mol. The largest absolute Gasteiger partial charge is 0.545 e. The molecule has 6 nitrogen and oxygen atoms in total. The molecular formula is C17H19ClN2O4. The van der Waals surface area contributed by atoms with Crippen molar-refractivity contribution in [1.29, 1.82) is 0 Å². The Kier molecular flexibility index (Phi) is 6.11. The van der Waals surface area contributed by atoms with E-state index in [1.54, 1.807) is 11.1 Å². The predicted molar refractivity (Wildman–Crippen MR) is 87.3 cm³/mol. The zero-order valence-corrected chi connectivity index (χ0v) is 14.0. The van der Waals surface area contributed by atoms with Crippen molar-refractivity contribution >= 4 is 29.1 Å². The third-order valence-corrected chi connectivity index (χ3v) is 4.57. The van der Waals surface area contributed by atoms with Crippen LogP contribution in [0.5, 0.6) is 0 Å². The number of fused-ring (bicyclic) bond motifs is 2. The van der Waals surface area contributed by atoms with Crippen LogP contribution >= 0.6 is 11.6 Å². The first-order chi connectivity index (χ1) is 11.4. The second-order valence-corrected chi connectivity index (χ2v) is 6.31. The van der Waals surface area contributed by atoms with Gasteiger partial charge in [0.1, 0.15) is 6.04 Å². The number of nitrogens with one attached hydrogen (secondary N) is 1. The fourth-order valence-corrected chi connectivity index (χ4v) is 3.20. The number of rotatable bonds is 3. The van der Waals surface area contributed by atoms with Crippen molar-refractivity contribution in [2.24, 2.45) is 0 Å². The lowest BCUT2D eigenvalue weighted by Crippen LogP contribution is -3.14. The highest BCUT2D eigenvalue weighted by molar-refractivity contribution is 6.30. The molecule has 0 amide bonds. The maximum Gasteiger partial charge on any atom is 0.328 e. The first kappa shape index (κ1) is 18.2. The van der Waals surface area contributed by atoms with E-state index < -0.39 is 11.9 Å². The molecule has 1 aromatic heterocycles. The summed E-state index contributed by atoms with van der Waals surface area (Å²) >= 11 is 5.86. The topological polar surface area (TPSA) is 94.8 Å². The molecule has 3 heterocycles. The van der Waals surface area contributed by atoms with E-state index in [1.807, 2.05) is 12.1 Å². The summed E-state index contributed by atoms with van der Waals surface area (Å²) < 4.78 is 0. The summed E-state index contributed by atoms with van der Waals surface area (Å²) in [4.78, 5) is 25.1. The fourth-order valence-electron chi connectivity index (χ4n) is 3.09. The first-order valence-corrected chi connectivity index (χ1v) is 8.02. The van der Waals surface area contributed by atoms with Gasteiger partial charge in [-0.2, -0.15) is 0 Å². The van der Waals surface area contributed by atoms with Crippen molar-refractivity contribution in [3.05, 3.63) is 47.3 Å². The van der Waals surface area contributed by atoms with Crippen molar-refractivity contribution in [3.8, 4) is 0 Å². The molecule has 2 N–H and O–H groups in total. The summed E-state index contributed by atoms with van der Waals surface area (Å²) in [5.74, 6) is -2.80. The number of aromatic nitrogens is 1. The van der Waals surface area contributed by atoms with Crippen LogP contribution in [-0.2, 0) is 9.59 Å². The number of quaternary nitrogens is 1. The van der Waals surface area contributed by atoms with Crippen LogP contribution in [-0.4, -0.2) is 41.2 Å². The SMILES string of the molecule is C[NH+]1[C@H]2CC[C@@H]1C=C(c1ccc(Cl)cn1)C2.O=C([O-])/C=C\C(=O)O. The molecule has 2 aliphatic rings. The van der Waals surface area contributed by atoms with Crippen molar-refractivity contribution < 1.29 is 24.7 Å². The summed E-state index contributed by atoms with van der Waals surface area (Å²) in [7, 11) is 2.31. The second-order valence-electron chi connectivity index (χ2n) is 5.87. The maximum atomic E-state index is 9.53. The van der Waals surface area contributed by atoms with Crippen molar-refractivity contribution in [2.45, 2.75) is 31.3 Å². The number of hydrogen-bond donors (Lipinski definition) is 2. The third-order valence-electron chi connectivity index (χ3n) is 4.34. The van der Waals surface area contributed by atoms with E-state index in [-0.39, 0.29) is 0 Å². The van der Waals surface area contributed by atoms with Crippen molar-refractivity contribution in [1.82, 2.24) is 4.98 Å². The summed E-state index contributed by atoms with van der Waals surface area (Å²) in [6.07, 6.45) is 8.94. The van der Waals surface area contributed by atoms with Gasteiger partial charge in [-0.15, -0.1) is 0 Å². The quantitative estimate of drug-likeness (QED) is 0.745. The normalized spacial score (nSPS) is 24.9. The van der Waals surface area contributed by atoms with Gasteiger partial charge in [0.2, 0.25) is 0 Å². The number of carbonyl (C=O) groups is 2. The van der Waals surface area contributed by atoms with E-state index >= 15 is 0 Å². The number of carboxylic acid groups (broad SMARTS) is 2. The Morgan fingerprint density at radius 3 is 2.62 bits per heavy atom. The molecule has 24 heavy (non-hydrogen) atoms. The van der Waals surface area contributed by atoms with Crippen molar-refractivity contribution in [3.63, 3.8) is 0 Å². The standard InChI is InChI=1S/C13H15ClN2.C4H4O4/c1-16-11-3-4-12(16)7-9(6-11)13-5-2-10(14)8-15-13;5-3(6)1-2-4(7)8/h2,5-6,8,11-12H,3-4,7H2,1H3;1-2H,(H,5,6)(H,7,8)/b;2-1-/t11-,12+;/m1./s1. The molecule has 0 aliphatic carbocycles. The molecule has 3 rings (SSSR count). The van der Waals surface area contributed by atoms with Crippen LogP contribution in [0.3, 0.4) is 0 Å². The van der Waals surface area contributed by atoms with Gasteiger partial charge in [0.25, 0.3) is 0 Å². The Morgan fingerprint density at radius 2 is 2.12 bits per heavy atom. The van der Waals surface area contributed by atoms with Gasteiger partial charge < -0.3 is 19.9 Å². The zero-order valence-electron chi connectivity index (χ0n) is 13.2. The number of hydrogen-bond acceptors (Lipinski definition) is 4. The highest BCUT2D eigenvalue weighted by atomic mass is 35.5. The van der Waals surface area contributed by atoms with Gasteiger partial charge in [-0.3, -0.25) is 4.98 Å². The van der Waals surface area contributed by atoms with Crippen LogP contribution in [0.4, 0.5) is 0 Å². The molecule has 0 spiro atoms.